The molecule has 0 atom stereocenters. The molecule has 0 saturated heterocycles. The van der Waals surface area contributed by atoms with E-state index in [0.717, 1.165) is 18.7 Å². The summed E-state index contributed by atoms with van der Waals surface area (Å²) in [5.74, 6) is 1.56. The van der Waals surface area contributed by atoms with Crippen LogP contribution in [0, 0.1) is 0 Å². The maximum atomic E-state index is 5.84. The van der Waals surface area contributed by atoms with Crippen molar-refractivity contribution in [3.05, 3.63) is 12.3 Å². The number of rotatable bonds is 3. The number of aromatic nitrogens is 1. The molecular formula is C10H15N3O. The molecule has 1 aromatic rings. The van der Waals surface area contributed by atoms with Crippen molar-refractivity contribution in [1.82, 2.24) is 4.98 Å². The highest BCUT2D eigenvalue weighted by Crippen LogP contribution is 2.31. The summed E-state index contributed by atoms with van der Waals surface area (Å²) < 4.78 is 5.58. The first-order valence-electron chi connectivity index (χ1n) is 4.76. The molecule has 1 fully saturated rings. The Morgan fingerprint density at radius 3 is 2.71 bits per heavy atom. The highest BCUT2D eigenvalue weighted by atomic mass is 16.5. The van der Waals surface area contributed by atoms with Gasteiger partial charge >= 0.3 is 0 Å². The number of ether oxygens (including phenoxy) is 1. The van der Waals surface area contributed by atoms with Crippen molar-refractivity contribution in [2.45, 2.75) is 18.9 Å². The number of nitrogens with two attached hydrogens (primary N) is 1. The van der Waals surface area contributed by atoms with Gasteiger partial charge in [-0.05, 0) is 12.8 Å². The molecule has 0 spiro atoms. The average Bonchev–Trinajstić information content (AvgIpc) is 2.92. The lowest BCUT2D eigenvalue weighted by Gasteiger charge is -2.13. The van der Waals surface area contributed by atoms with Gasteiger partial charge in [-0.3, -0.25) is 0 Å². The van der Waals surface area contributed by atoms with E-state index in [1.807, 2.05) is 25.1 Å². The van der Waals surface area contributed by atoms with E-state index >= 15 is 0 Å². The van der Waals surface area contributed by atoms with Crippen LogP contribution in [0.1, 0.15) is 12.8 Å². The Labute approximate surface area is 83.7 Å². The molecule has 0 aromatic carbocycles. The van der Waals surface area contributed by atoms with Crippen LogP contribution in [0.3, 0.4) is 0 Å². The van der Waals surface area contributed by atoms with Gasteiger partial charge in [-0.2, -0.15) is 0 Å². The quantitative estimate of drug-likeness (QED) is 0.785. The number of nitrogens with zero attached hydrogens (tertiary/aromatic N) is 2. The molecule has 14 heavy (non-hydrogen) atoms. The van der Waals surface area contributed by atoms with Gasteiger partial charge in [0, 0.05) is 20.2 Å². The molecule has 1 aliphatic rings. The highest BCUT2D eigenvalue weighted by molar-refractivity contribution is 5.58. The maximum Gasteiger partial charge on any atom is 0.161 e. The summed E-state index contributed by atoms with van der Waals surface area (Å²) in [6, 6.07) is 1.83. The van der Waals surface area contributed by atoms with Crippen LogP contribution in [0.25, 0.3) is 0 Å². The van der Waals surface area contributed by atoms with Crippen molar-refractivity contribution in [3.63, 3.8) is 0 Å². The van der Waals surface area contributed by atoms with Gasteiger partial charge in [0.25, 0.3) is 0 Å². The summed E-state index contributed by atoms with van der Waals surface area (Å²) in [6.07, 6.45) is 4.33. The molecule has 0 unspecified atom stereocenters. The van der Waals surface area contributed by atoms with Gasteiger partial charge in [0.2, 0.25) is 0 Å². The lowest BCUT2D eigenvalue weighted by Crippen LogP contribution is -2.11. The second-order valence-corrected chi connectivity index (χ2v) is 3.79. The van der Waals surface area contributed by atoms with Crippen molar-refractivity contribution in [2.75, 3.05) is 24.7 Å². The number of nitrogen functional groups attached to an aromatic ring is 1. The molecular weight excluding hydrogens is 178 g/mol. The monoisotopic (exact) mass is 193 g/mol. The van der Waals surface area contributed by atoms with Crippen LogP contribution in [0.4, 0.5) is 11.5 Å². The summed E-state index contributed by atoms with van der Waals surface area (Å²) in [4.78, 5) is 6.15. The predicted octanol–water partition coefficient (Wildman–Crippen LogP) is 1.27. The number of hydrogen-bond acceptors (Lipinski definition) is 4. The molecule has 1 saturated carbocycles. The fourth-order valence-electron chi connectivity index (χ4n) is 1.16. The van der Waals surface area contributed by atoms with E-state index < -0.39 is 0 Å². The first kappa shape index (κ1) is 9.12. The molecule has 4 heteroatoms. The normalized spacial score (nSPS) is 15.3. The summed E-state index contributed by atoms with van der Waals surface area (Å²) in [7, 11) is 3.87. The minimum Gasteiger partial charge on any atom is -0.487 e. The van der Waals surface area contributed by atoms with E-state index in [1.54, 1.807) is 6.20 Å². The lowest BCUT2D eigenvalue weighted by molar-refractivity contribution is 0.304. The van der Waals surface area contributed by atoms with Gasteiger partial charge in [-0.15, -0.1) is 0 Å². The summed E-state index contributed by atoms with van der Waals surface area (Å²) in [5.41, 5.74) is 6.51. The van der Waals surface area contributed by atoms with Gasteiger partial charge in [0.15, 0.2) is 5.75 Å². The molecule has 0 bridgehead atoms. The van der Waals surface area contributed by atoms with Gasteiger partial charge in [0.1, 0.15) is 5.82 Å². The third-order valence-corrected chi connectivity index (χ3v) is 2.16. The smallest absolute Gasteiger partial charge is 0.161 e. The minimum atomic E-state index is 0.365. The maximum absolute atomic E-state index is 5.84. The van der Waals surface area contributed by atoms with E-state index in [4.69, 9.17) is 10.5 Å². The average molecular weight is 193 g/mol. The third-order valence-electron chi connectivity index (χ3n) is 2.16. The number of hydrogen-bond donors (Lipinski definition) is 1. The molecule has 76 valence electrons. The zero-order valence-corrected chi connectivity index (χ0v) is 8.53. The van der Waals surface area contributed by atoms with Crippen molar-refractivity contribution in [3.8, 4) is 5.75 Å². The third kappa shape index (κ3) is 1.89. The predicted molar refractivity (Wildman–Crippen MR) is 56.6 cm³/mol. The molecule has 1 heterocycles. The lowest BCUT2D eigenvalue weighted by atomic mass is 10.3. The Kier molecular flexibility index (Phi) is 2.19. The minimum absolute atomic E-state index is 0.365. The van der Waals surface area contributed by atoms with Crippen molar-refractivity contribution in [2.24, 2.45) is 0 Å². The standard InChI is InChI=1S/C10H15N3O/c1-13(2)10-5-8(11)9(6-12-10)14-7-3-4-7/h5-7H,3-4H2,1-2H3,(H2,11,12). The molecule has 1 aromatic heterocycles. The van der Waals surface area contributed by atoms with E-state index in [1.165, 1.54) is 0 Å². The van der Waals surface area contributed by atoms with Gasteiger partial charge < -0.3 is 15.4 Å². The van der Waals surface area contributed by atoms with Crippen molar-refractivity contribution >= 4 is 11.5 Å². The van der Waals surface area contributed by atoms with Gasteiger partial charge in [-0.1, -0.05) is 0 Å². The fourth-order valence-corrected chi connectivity index (χ4v) is 1.16. The highest BCUT2D eigenvalue weighted by Gasteiger charge is 2.24. The SMILES string of the molecule is CN(C)c1cc(N)c(OC2CC2)cn1. The zero-order chi connectivity index (χ0) is 10.1. The summed E-state index contributed by atoms with van der Waals surface area (Å²) in [5, 5.41) is 0. The van der Waals surface area contributed by atoms with Crippen LogP contribution in [-0.4, -0.2) is 25.2 Å². The Morgan fingerprint density at radius 2 is 2.21 bits per heavy atom. The molecule has 0 amide bonds. The fraction of sp³-hybridized carbons (Fsp3) is 0.500. The number of anilines is 2. The number of pyridine rings is 1. The van der Waals surface area contributed by atoms with Gasteiger partial charge in [0.05, 0.1) is 18.0 Å². The summed E-state index contributed by atoms with van der Waals surface area (Å²) >= 11 is 0. The largest absolute Gasteiger partial charge is 0.487 e. The Bertz CT molecular complexity index is 334. The van der Waals surface area contributed by atoms with Crippen molar-refractivity contribution in [1.29, 1.82) is 0 Å². The van der Waals surface area contributed by atoms with Crippen LogP contribution >= 0.6 is 0 Å². The first-order valence-corrected chi connectivity index (χ1v) is 4.76. The molecule has 0 radical (unpaired) electrons. The molecule has 2 rings (SSSR count). The Balaban J connectivity index is 2.17. The van der Waals surface area contributed by atoms with Crippen molar-refractivity contribution < 1.29 is 4.74 Å². The van der Waals surface area contributed by atoms with Crippen LogP contribution in [0.15, 0.2) is 12.3 Å². The molecule has 2 N–H and O–H groups in total. The van der Waals surface area contributed by atoms with Crippen LogP contribution in [-0.2, 0) is 0 Å². The van der Waals surface area contributed by atoms with E-state index in [0.29, 0.717) is 17.5 Å². The van der Waals surface area contributed by atoms with E-state index in [-0.39, 0.29) is 0 Å². The summed E-state index contributed by atoms with van der Waals surface area (Å²) in [6.45, 7) is 0. The van der Waals surface area contributed by atoms with E-state index in [2.05, 4.69) is 4.98 Å². The topological polar surface area (TPSA) is 51.4 Å². The van der Waals surface area contributed by atoms with Crippen LogP contribution in [0.5, 0.6) is 5.75 Å². The Hall–Kier alpha value is -1.45. The second kappa shape index (κ2) is 3.36. The first-order chi connectivity index (χ1) is 6.66. The molecule has 0 aliphatic heterocycles. The van der Waals surface area contributed by atoms with Crippen LogP contribution < -0.4 is 15.4 Å². The molecule has 4 nitrogen and oxygen atoms in total. The van der Waals surface area contributed by atoms with E-state index in [9.17, 15) is 0 Å². The van der Waals surface area contributed by atoms with Crippen LogP contribution in [0.2, 0.25) is 0 Å². The van der Waals surface area contributed by atoms with Gasteiger partial charge in [-0.25, -0.2) is 4.98 Å². The second-order valence-electron chi connectivity index (χ2n) is 3.79. The zero-order valence-electron chi connectivity index (χ0n) is 8.53. The molecule has 1 aliphatic carbocycles. The Morgan fingerprint density at radius 1 is 1.50 bits per heavy atom.